The number of halogens is 3. The van der Waals surface area contributed by atoms with Crippen LogP contribution in [0.5, 0.6) is 0 Å². The van der Waals surface area contributed by atoms with E-state index in [1.54, 1.807) is 19.2 Å². The SMILES string of the molecule is CNCc1cccc(I)c1F.Cl. The zero-order valence-corrected chi connectivity index (χ0v) is 9.58. The van der Waals surface area contributed by atoms with E-state index >= 15 is 0 Å². The van der Waals surface area contributed by atoms with Gasteiger partial charge in [0.25, 0.3) is 0 Å². The van der Waals surface area contributed by atoms with Crippen LogP contribution in [0.15, 0.2) is 18.2 Å². The second kappa shape index (κ2) is 5.72. The van der Waals surface area contributed by atoms with Crippen molar-refractivity contribution in [2.75, 3.05) is 7.05 Å². The average Bonchev–Trinajstić information content (AvgIpc) is 1.99. The molecule has 0 saturated carbocycles. The molecule has 0 atom stereocenters. The second-order valence-electron chi connectivity index (χ2n) is 2.24. The zero-order chi connectivity index (χ0) is 8.27. The molecule has 0 fully saturated rings. The Balaban J connectivity index is 0.00000121. The minimum atomic E-state index is -0.109. The lowest BCUT2D eigenvalue weighted by Gasteiger charge is -2.02. The predicted molar refractivity (Wildman–Crippen MR) is 59.1 cm³/mol. The van der Waals surface area contributed by atoms with Gasteiger partial charge in [-0.3, -0.25) is 0 Å². The summed E-state index contributed by atoms with van der Waals surface area (Å²) in [5.41, 5.74) is 0.722. The maximum atomic E-state index is 13.1. The topological polar surface area (TPSA) is 12.0 Å². The smallest absolute Gasteiger partial charge is 0.140 e. The maximum Gasteiger partial charge on any atom is 0.140 e. The molecular formula is C8H10ClFIN. The summed E-state index contributed by atoms with van der Waals surface area (Å²) in [5, 5.41) is 2.91. The molecule has 0 heterocycles. The Morgan fingerprint density at radius 2 is 2.17 bits per heavy atom. The van der Waals surface area contributed by atoms with Crippen molar-refractivity contribution in [1.29, 1.82) is 0 Å². The molecule has 0 saturated heterocycles. The fourth-order valence-electron chi connectivity index (χ4n) is 0.875. The number of nitrogens with one attached hydrogen (secondary N) is 1. The lowest BCUT2D eigenvalue weighted by atomic mass is 10.2. The van der Waals surface area contributed by atoms with Crippen LogP contribution in [0.25, 0.3) is 0 Å². The van der Waals surface area contributed by atoms with Crippen LogP contribution >= 0.6 is 35.0 Å². The van der Waals surface area contributed by atoms with Gasteiger partial charge in [0.15, 0.2) is 0 Å². The van der Waals surface area contributed by atoms with E-state index in [0.29, 0.717) is 10.1 Å². The molecule has 0 aliphatic carbocycles. The van der Waals surface area contributed by atoms with Crippen molar-refractivity contribution in [3.63, 3.8) is 0 Å². The normalized spacial score (nSPS) is 9.25. The van der Waals surface area contributed by atoms with Gasteiger partial charge in [-0.15, -0.1) is 12.4 Å². The van der Waals surface area contributed by atoms with Crippen molar-refractivity contribution in [2.24, 2.45) is 0 Å². The van der Waals surface area contributed by atoms with Gasteiger partial charge in [-0.1, -0.05) is 12.1 Å². The third kappa shape index (κ3) is 2.88. The van der Waals surface area contributed by atoms with Crippen molar-refractivity contribution in [1.82, 2.24) is 5.32 Å². The summed E-state index contributed by atoms with van der Waals surface area (Å²) in [7, 11) is 1.80. The molecule has 1 N–H and O–H groups in total. The summed E-state index contributed by atoms with van der Waals surface area (Å²) in [6.45, 7) is 0.586. The number of hydrogen-bond donors (Lipinski definition) is 1. The van der Waals surface area contributed by atoms with Gasteiger partial charge < -0.3 is 5.32 Å². The van der Waals surface area contributed by atoms with E-state index in [2.05, 4.69) is 5.32 Å². The van der Waals surface area contributed by atoms with E-state index in [4.69, 9.17) is 0 Å². The summed E-state index contributed by atoms with van der Waals surface area (Å²) in [5.74, 6) is -0.109. The van der Waals surface area contributed by atoms with Crippen molar-refractivity contribution >= 4 is 35.0 Å². The first-order valence-electron chi connectivity index (χ1n) is 3.33. The van der Waals surface area contributed by atoms with Crippen molar-refractivity contribution in [3.8, 4) is 0 Å². The summed E-state index contributed by atoms with van der Waals surface area (Å²) in [6.07, 6.45) is 0. The number of rotatable bonds is 2. The molecule has 0 aliphatic rings. The van der Waals surface area contributed by atoms with Gasteiger partial charge in [-0.2, -0.15) is 0 Å². The van der Waals surface area contributed by atoms with Crippen LogP contribution in [0.1, 0.15) is 5.56 Å². The van der Waals surface area contributed by atoms with E-state index in [9.17, 15) is 4.39 Å². The quantitative estimate of drug-likeness (QED) is 0.828. The van der Waals surface area contributed by atoms with Gasteiger partial charge in [0, 0.05) is 15.7 Å². The minimum Gasteiger partial charge on any atom is -0.316 e. The van der Waals surface area contributed by atoms with Crippen LogP contribution in [-0.4, -0.2) is 7.05 Å². The fourth-order valence-corrected chi connectivity index (χ4v) is 1.43. The Morgan fingerprint density at radius 1 is 1.50 bits per heavy atom. The highest BCUT2D eigenvalue weighted by molar-refractivity contribution is 14.1. The largest absolute Gasteiger partial charge is 0.316 e. The van der Waals surface area contributed by atoms with Crippen LogP contribution in [-0.2, 0) is 6.54 Å². The third-order valence-corrected chi connectivity index (χ3v) is 2.23. The molecule has 1 aromatic carbocycles. The van der Waals surface area contributed by atoms with E-state index in [0.717, 1.165) is 5.56 Å². The molecule has 1 nitrogen and oxygen atoms in total. The van der Waals surface area contributed by atoms with Crippen LogP contribution in [0, 0.1) is 9.39 Å². The Bertz CT molecular complexity index is 255. The van der Waals surface area contributed by atoms with E-state index < -0.39 is 0 Å². The van der Waals surface area contributed by atoms with Crippen LogP contribution in [0.4, 0.5) is 4.39 Å². The molecule has 1 aromatic rings. The Hall–Kier alpha value is 0.130. The average molecular weight is 302 g/mol. The van der Waals surface area contributed by atoms with Gasteiger partial charge in [-0.25, -0.2) is 4.39 Å². The molecule has 4 heteroatoms. The molecule has 0 spiro atoms. The van der Waals surface area contributed by atoms with Crippen molar-refractivity contribution in [3.05, 3.63) is 33.1 Å². The Morgan fingerprint density at radius 3 is 2.75 bits per heavy atom. The first-order valence-corrected chi connectivity index (χ1v) is 4.41. The highest BCUT2D eigenvalue weighted by Gasteiger charge is 2.02. The van der Waals surface area contributed by atoms with E-state index in [1.165, 1.54) is 0 Å². The number of hydrogen-bond acceptors (Lipinski definition) is 1. The fraction of sp³-hybridized carbons (Fsp3) is 0.250. The number of benzene rings is 1. The third-order valence-electron chi connectivity index (χ3n) is 1.40. The monoisotopic (exact) mass is 301 g/mol. The maximum absolute atomic E-state index is 13.1. The Kier molecular flexibility index (Phi) is 5.78. The molecule has 0 unspecified atom stereocenters. The first-order chi connectivity index (χ1) is 5.25. The standard InChI is InChI=1S/C8H9FIN.ClH/c1-11-5-6-3-2-4-7(10)8(6)9;/h2-4,11H,5H2,1H3;1H. The highest BCUT2D eigenvalue weighted by Crippen LogP contribution is 2.14. The Labute approximate surface area is 91.3 Å². The van der Waals surface area contributed by atoms with Crippen LogP contribution in [0.2, 0.25) is 0 Å². The van der Waals surface area contributed by atoms with Crippen molar-refractivity contribution in [2.45, 2.75) is 6.54 Å². The second-order valence-corrected chi connectivity index (χ2v) is 3.41. The highest BCUT2D eigenvalue weighted by atomic mass is 127. The van der Waals surface area contributed by atoms with E-state index in [-0.39, 0.29) is 18.2 Å². The first kappa shape index (κ1) is 12.1. The van der Waals surface area contributed by atoms with Crippen LogP contribution in [0.3, 0.4) is 0 Å². The van der Waals surface area contributed by atoms with Gasteiger partial charge >= 0.3 is 0 Å². The molecule has 68 valence electrons. The summed E-state index contributed by atoms with van der Waals surface area (Å²) < 4.78 is 13.8. The lowest BCUT2D eigenvalue weighted by Crippen LogP contribution is -2.07. The summed E-state index contributed by atoms with van der Waals surface area (Å²) >= 11 is 1.99. The summed E-state index contributed by atoms with van der Waals surface area (Å²) in [6, 6.07) is 5.40. The molecule has 0 bridgehead atoms. The van der Waals surface area contributed by atoms with E-state index in [1.807, 2.05) is 28.7 Å². The molecule has 0 amide bonds. The van der Waals surface area contributed by atoms with Gasteiger partial charge in [0.2, 0.25) is 0 Å². The molecule has 12 heavy (non-hydrogen) atoms. The molecule has 0 aliphatic heterocycles. The van der Waals surface area contributed by atoms with Gasteiger partial charge in [-0.05, 0) is 35.7 Å². The molecule has 1 rings (SSSR count). The zero-order valence-electron chi connectivity index (χ0n) is 6.60. The minimum absolute atomic E-state index is 0. The van der Waals surface area contributed by atoms with Gasteiger partial charge in [0.05, 0.1) is 0 Å². The molecule has 0 radical (unpaired) electrons. The lowest BCUT2D eigenvalue weighted by molar-refractivity contribution is 0.594. The summed E-state index contributed by atoms with van der Waals surface area (Å²) in [4.78, 5) is 0. The van der Waals surface area contributed by atoms with Crippen molar-refractivity contribution < 1.29 is 4.39 Å². The molecular weight excluding hydrogens is 291 g/mol. The van der Waals surface area contributed by atoms with Gasteiger partial charge in [0.1, 0.15) is 5.82 Å². The predicted octanol–water partition coefficient (Wildman–Crippen LogP) is 2.57. The molecule has 0 aromatic heterocycles. The van der Waals surface area contributed by atoms with Crippen LogP contribution < -0.4 is 5.32 Å².